The van der Waals surface area contributed by atoms with Crippen molar-refractivity contribution >= 4 is 11.9 Å². The van der Waals surface area contributed by atoms with Gasteiger partial charge in [0, 0.05) is 13.5 Å². The molecule has 5 nitrogen and oxygen atoms in total. The summed E-state index contributed by atoms with van der Waals surface area (Å²) in [5.41, 5.74) is 2.33. The summed E-state index contributed by atoms with van der Waals surface area (Å²) in [6.07, 6.45) is 0. The zero-order chi connectivity index (χ0) is 8.69. The molecule has 5 heteroatoms. The van der Waals surface area contributed by atoms with Gasteiger partial charge in [-0.05, 0) is 6.92 Å². The second kappa shape index (κ2) is 5.67. The van der Waals surface area contributed by atoms with Crippen molar-refractivity contribution in [1.82, 2.24) is 5.48 Å². The summed E-state index contributed by atoms with van der Waals surface area (Å²) in [6, 6.07) is 0. The molecule has 64 valence electrons. The highest BCUT2D eigenvalue weighted by Crippen LogP contribution is 1.78. The molecule has 0 aliphatic rings. The number of nitrogens with one attached hydrogen (secondary N) is 1. The topological polar surface area (TPSA) is 64.6 Å². The van der Waals surface area contributed by atoms with Crippen LogP contribution in [0.3, 0.4) is 0 Å². The lowest BCUT2D eigenvalue weighted by Crippen LogP contribution is -2.23. The SMILES string of the molecule is CCNOC(=O)COC(C)=O. The third kappa shape index (κ3) is 6.79. The first-order chi connectivity index (χ1) is 5.16. The monoisotopic (exact) mass is 161 g/mol. The minimum Gasteiger partial charge on any atom is -0.454 e. The summed E-state index contributed by atoms with van der Waals surface area (Å²) in [6.45, 7) is 3.17. The molecule has 0 unspecified atom stereocenters. The van der Waals surface area contributed by atoms with Gasteiger partial charge in [-0.15, -0.1) is 0 Å². The van der Waals surface area contributed by atoms with Gasteiger partial charge in [-0.1, -0.05) is 0 Å². The number of hydrogen-bond donors (Lipinski definition) is 1. The second-order valence-corrected chi connectivity index (χ2v) is 1.75. The van der Waals surface area contributed by atoms with Crippen LogP contribution in [0.25, 0.3) is 0 Å². The van der Waals surface area contributed by atoms with Crippen LogP contribution in [-0.4, -0.2) is 25.1 Å². The third-order valence-electron chi connectivity index (χ3n) is 0.724. The zero-order valence-corrected chi connectivity index (χ0v) is 6.55. The Bertz CT molecular complexity index is 146. The van der Waals surface area contributed by atoms with Gasteiger partial charge in [0.1, 0.15) is 0 Å². The van der Waals surface area contributed by atoms with Crippen LogP contribution in [0.5, 0.6) is 0 Å². The molecule has 0 heterocycles. The van der Waals surface area contributed by atoms with Crippen LogP contribution in [0, 0.1) is 0 Å². The Balaban J connectivity index is 3.30. The van der Waals surface area contributed by atoms with Gasteiger partial charge in [0.15, 0.2) is 6.61 Å². The first-order valence-electron chi connectivity index (χ1n) is 3.22. The Kier molecular flexibility index (Phi) is 5.10. The van der Waals surface area contributed by atoms with E-state index in [1.165, 1.54) is 6.92 Å². The number of esters is 1. The van der Waals surface area contributed by atoms with Crippen LogP contribution in [0.4, 0.5) is 0 Å². The quantitative estimate of drug-likeness (QED) is 0.449. The van der Waals surface area contributed by atoms with Crippen molar-refractivity contribution in [3.63, 3.8) is 0 Å². The molecular formula is C6H11NO4. The number of hydrogen-bond acceptors (Lipinski definition) is 5. The molecule has 0 saturated heterocycles. The smallest absolute Gasteiger partial charge is 0.362 e. The normalized spacial score (nSPS) is 8.91. The van der Waals surface area contributed by atoms with Gasteiger partial charge in [-0.3, -0.25) is 4.79 Å². The zero-order valence-electron chi connectivity index (χ0n) is 6.55. The van der Waals surface area contributed by atoms with Gasteiger partial charge in [-0.25, -0.2) is 4.79 Å². The van der Waals surface area contributed by atoms with Crippen molar-refractivity contribution in [2.75, 3.05) is 13.2 Å². The largest absolute Gasteiger partial charge is 0.454 e. The van der Waals surface area contributed by atoms with Crippen molar-refractivity contribution in [1.29, 1.82) is 0 Å². The number of ether oxygens (including phenoxy) is 1. The van der Waals surface area contributed by atoms with Gasteiger partial charge in [0.25, 0.3) is 0 Å². The second-order valence-electron chi connectivity index (χ2n) is 1.75. The van der Waals surface area contributed by atoms with E-state index < -0.39 is 11.9 Å². The van der Waals surface area contributed by atoms with Crippen molar-refractivity contribution in [3.8, 4) is 0 Å². The number of carbonyl (C=O) groups excluding carboxylic acids is 2. The molecule has 0 fully saturated rings. The summed E-state index contributed by atoms with van der Waals surface area (Å²) in [4.78, 5) is 25.1. The molecule has 0 spiro atoms. The first-order valence-corrected chi connectivity index (χ1v) is 3.22. The van der Waals surface area contributed by atoms with Crippen molar-refractivity contribution in [2.45, 2.75) is 13.8 Å². The molecule has 0 aromatic carbocycles. The molecule has 1 N–H and O–H groups in total. The molecule has 0 aromatic heterocycles. The van der Waals surface area contributed by atoms with Crippen LogP contribution in [0.15, 0.2) is 0 Å². The highest BCUT2D eigenvalue weighted by Gasteiger charge is 2.03. The van der Waals surface area contributed by atoms with Crippen LogP contribution >= 0.6 is 0 Å². The van der Waals surface area contributed by atoms with Crippen molar-refractivity contribution in [3.05, 3.63) is 0 Å². The van der Waals surface area contributed by atoms with Gasteiger partial charge >= 0.3 is 11.9 Å². The van der Waals surface area contributed by atoms with E-state index in [9.17, 15) is 9.59 Å². The Labute approximate surface area is 64.6 Å². The van der Waals surface area contributed by atoms with E-state index in [-0.39, 0.29) is 6.61 Å². The van der Waals surface area contributed by atoms with Crippen molar-refractivity contribution < 1.29 is 19.2 Å². The summed E-state index contributed by atoms with van der Waals surface area (Å²) in [5, 5.41) is 0. The Morgan fingerprint density at radius 3 is 2.55 bits per heavy atom. The van der Waals surface area contributed by atoms with E-state index in [0.29, 0.717) is 6.54 Å². The van der Waals surface area contributed by atoms with E-state index in [0.717, 1.165) is 0 Å². The average Bonchev–Trinajstić information content (AvgIpc) is 1.97. The molecule has 0 saturated carbocycles. The predicted molar refractivity (Wildman–Crippen MR) is 36.4 cm³/mol. The summed E-state index contributed by atoms with van der Waals surface area (Å²) in [5.74, 6) is -1.11. The summed E-state index contributed by atoms with van der Waals surface area (Å²) >= 11 is 0. The third-order valence-corrected chi connectivity index (χ3v) is 0.724. The molecule has 0 rings (SSSR count). The fraction of sp³-hybridized carbons (Fsp3) is 0.667. The van der Waals surface area contributed by atoms with Crippen LogP contribution in [0.1, 0.15) is 13.8 Å². The van der Waals surface area contributed by atoms with E-state index in [4.69, 9.17) is 0 Å². The van der Waals surface area contributed by atoms with E-state index in [1.807, 2.05) is 0 Å². The fourth-order valence-corrected chi connectivity index (χ4v) is 0.343. The average molecular weight is 161 g/mol. The van der Waals surface area contributed by atoms with E-state index >= 15 is 0 Å². The highest BCUT2D eigenvalue weighted by molar-refractivity contribution is 5.74. The molecule has 0 aromatic rings. The van der Waals surface area contributed by atoms with Crippen LogP contribution in [-0.2, 0) is 19.2 Å². The van der Waals surface area contributed by atoms with E-state index in [2.05, 4.69) is 15.1 Å². The molecular weight excluding hydrogens is 150 g/mol. The first kappa shape index (κ1) is 9.90. The fourth-order valence-electron chi connectivity index (χ4n) is 0.343. The molecule has 0 aliphatic carbocycles. The Morgan fingerprint density at radius 1 is 1.45 bits per heavy atom. The van der Waals surface area contributed by atoms with E-state index in [1.54, 1.807) is 6.92 Å². The molecule has 11 heavy (non-hydrogen) atoms. The standard InChI is InChI=1S/C6H11NO4/c1-3-7-11-6(9)4-10-5(2)8/h7H,3-4H2,1-2H3. The molecule has 0 amide bonds. The molecule has 0 aliphatic heterocycles. The van der Waals surface area contributed by atoms with Gasteiger partial charge in [-0.2, -0.15) is 5.48 Å². The molecule has 0 bridgehead atoms. The summed E-state index contributed by atoms with van der Waals surface area (Å²) < 4.78 is 4.35. The number of carbonyl (C=O) groups is 2. The maximum Gasteiger partial charge on any atom is 0.362 e. The van der Waals surface area contributed by atoms with Crippen LogP contribution in [0.2, 0.25) is 0 Å². The van der Waals surface area contributed by atoms with Gasteiger partial charge in [0.05, 0.1) is 0 Å². The van der Waals surface area contributed by atoms with Crippen molar-refractivity contribution in [2.24, 2.45) is 0 Å². The Morgan fingerprint density at radius 2 is 2.09 bits per heavy atom. The van der Waals surface area contributed by atoms with Crippen LogP contribution < -0.4 is 5.48 Å². The number of hydroxylamine groups is 1. The maximum absolute atomic E-state index is 10.5. The lowest BCUT2D eigenvalue weighted by atomic mass is 10.7. The molecule has 0 atom stereocenters. The minimum atomic E-state index is -0.609. The predicted octanol–water partition coefficient (Wildman–Crippen LogP) is -0.383. The maximum atomic E-state index is 10.5. The summed E-state index contributed by atoms with van der Waals surface area (Å²) in [7, 11) is 0. The lowest BCUT2D eigenvalue weighted by molar-refractivity contribution is -0.162. The molecule has 0 radical (unpaired) electrons. The highest BCUT2D eigenvalue weighted by atomic mass is 16.7. The van der Waals surface area contributed by atoms with Gasteiger partial charge in [0.2, 0.25) is 0 Å². The lowest BCUT2D eigenvalue weighted by Gasteiger charge is -2.02. The van der Waals surface area contributed by atoms with Gasteiger partial charge < -0.3 is 9.57 Å². The number of rotatable bonds is 4. The Hall–Kier alpha value is -1.10. The minimum absolute atomic E-state index is 0.345.